The van der Waals surface area contributed by atoms with Gasteiger partial charge in [0.25, 0.3) is 0 Å². The summed E-state index contributed by atoms with van der Waals surface area (Å²) in [6.07, 6.45) is 10.5. The molecule has 0 saturated carbocycles. The number of aromatic nitrogens is 6. The molecule has 16 heteroatoms. The van der Waals surface area contributed by atoms with E-state index >= 15 is 0 Å². The van der Waals surface area contributed by atoms with Gasteiger partial charge in [0, 0.05) is 49.8 Å². The van der Waals surface area contributed by atoms with Crippen molar-refractivity contribution in [2.24, 2.45) is 10.8 Å². The second-order valence-electron chi connectivity index (χ2n) is 20.2. The van der Waals surface area contributed by atoms with Gasteiger partial charge in [0.05, 0.1) is 25.0 Å². The monoisotopic (exact) mass is 992 g/mol. The van der Waals surface area contributed by atoms with E-state index < -0.39 is 18.4 Å². The zero-order valence-corrected chi connectivity index (χ0v) is 42.7. The van der Waals surface area contributed by atoms with Crippen LogP contribution in [0.25, 0.3) is 11.5 Å². The summed E-state index contributed by atoms with van der Waals surface area (Å²) in [5.41, 5.74) is 5.04. The number of carbonyl (C=O) groups is 2. The molecule has 340 valence electrons. The van der Waals surface area contributed by atoms with Gasteiger partial charge in [0.2, 0.25) is 5.28 Å². The second-order valence-corrected chi connectivity index (χ2v) is 34.8. The van der Waals surface area contributed by atoms with E-state index in [4.69, 9.17) is 40.5 Å². The number of carbonyl (C=O) groups excluding carboxylic acids is 2. The van der Waals surface area contributed by atoms with Crippen LogP contribution in [0.3, 0.4) is 0 Å². The summed E-state index contributed by atoms with van der Waals surface area (Å²) in [6, 6.07) is 3.89. The zero-order chi connectivity index (χ0) is 45.7. The normalized spacial score (nSPS) is 14.9. The van der Waals surface area contributed by atoms with Gasteiger partial charge in [0.15, 0.2) is 28.9 Å². The summed E-state index contributed by atoms with van der Waals surface area (Å²) in [7, 11) is 3.83. The predicted octanol–water partition coefficient (Wildman–Crippen LogP) is 7.70. The molecule has 4 aromatic heterocycles. The Labute approximate surface area is 382 Å². The quantitative estimate of drug-likeness (QED) is 0.113. The molecule has 4 aromatic rings. The van der Waals surface area contributed by atoms with Gasteiger partial charge in [-0.15, -0.1) is 0 Å². The van der Waals surface area contributed by atoms with Crippen LogP contribution in [0, 0.1) is 10.8 Å². The average Bonchev–Trinajstić information content (AvgIpc) is 3.88. The molecule has 8 rings (SSSR count). The van der Waals surface area contributed by atoms with Crippen molar-refractivity contribution >= 4 is 56.9 Å². The van der Waals surface area contributed by atoms with E-state index in [0.29, 0.717) is 75.4 Å². The molecule has 0 bridgehead atoms. The van der Waals surface area contributed by atoms with Crippen LogP contribution in [0.4, 0.5) is 11.6 Å². The summed E-state index contributed by atoms with van der Waals surface area (Å²) in [5.74, 6) is 5.62. The molecular formula is C47H65ClN8O6Sn. The third-order valence-electron chi connectivity index (χ3n) is 10.7. The van der Waals surface area contributed by atoms with E-state index in [1.165, 1.54) is 3.71 Å². The maximum atomic E-state index is 12.5. The Morgan fingerprint density at radius 1 is 0.635 bits per heavy atom. The topological polar surface area (TPSA) is 155 Å². The summed E-state index contributed by atoms with van der Waals surface area (Å²) in [6.45, 7) is 15.5. The number of hydrogen-bond donors (Lipinski definition) is 0. The Kier molecular flexibility index (Phi) is 15.5. The molecule has 0 radical (unpaired) electrons. The number of nitrogens with zero attached hydrogens (tertiary/aromatic N) is 8. The Morgan fingerprint density at radius 2 is 1.10 bits per heavy atom. The number of likely N-dealkylation sites (N-methyl/N-ethyl adjacent to an activating group) is 2. The number of Topliss-reactive ketones (excluding diaryl/α,β-unsaturated/α-hetero) is 2. The molecule has 0 spiro atoms. The molecule has 0 aromatic carbocycles. The first-order chi connectivity index (χ1) is 29.6. The van der Waals surface area contributed by atoms with Crippen molar-refractivity contribution in [1.29, 1.82) is 0 Å². The summed E-state index contributed by atoms with van der Waals surface area (Å²) in [5, 5.41) is 0.274. The predicted molar refractivity (Wildman–Crippen MR) is 250 cm³/mol. The van der Waals surface area contributed by atoms with Crippen LogP contribution in [0.5, 0.6) is 23.0 Å². The number of fused-ring (bicyclic) bond motifs is 4. The average molecular weight is 992 g/mol. The SMILES string of the molecule is CN(CC(=O)CC(C)(C)C)c1nc(-c2cc3c(cn2)OCCO3)nc2c1CCC2.CN(CC(=O)CC(C)(C)C)c1nc(Cl)nc2c1CCC2.[CH3][Sn]([CH3])([CH3])[c]1cc2c(cn1)OCCO2. The van der Waals surface area contributed by atoms with Crippen molar-refractivity contribution in [2.45, 2.75) is 108 Å². The van der Waals surface area contributed by atoms with Gasteiger partial charge in [-0.2, -0.15) is 0 Å². The van der Waals surface area contributed by atoms with E-state index in [0.717, 1.165) is 84.2 Å². The molecule has 0 amide bonds. The van der Waals surface area contributed by atoms with E-state index in [1.54, 1.807) is 12.4 Å². The fourth-order valence-corrected chi connectivity index (χ4v) is 11.0. The van der Waals surface area contributed by atoms with E-state index in [1.807, 2.05) is 30.0 Å². The molecule has 14 nitrogen and oxygen atoms in total. The van der Waals surface area contributed by atoms with Crippen LogP contribution in [-0.2, 0) is 35.3 Å². The van der Waals surface area contributed by atoms with Crippen LogP contribution in [0.2, 0.25) is 20.1 Å². The van der Waals surface area contributed by atoms with Crippen LogP contribution < -0.4 is 32.5 Å². The molecule has 4 aliphatic rings. The Bertz CT molecular complexity index is 2290. The molecule has 0 atom stereocenters. The number of halogens is 1. The van der Waals surface area contributed by atoms with Crippen LogP contribution in [0.1, 0.15) is 89.7 Å². The van der Waals surface area contributed by atoms with Crippen LogP contribution in [-0.4, -0.2) is 113 Å². The van der Waals surface area contributed by atoms with Gasteiger partial charge in [-0.05, 0) is 61.0 Å². The first kappa shape index (κ1) is 48.2. The van der Waals surface area contributed by atoms with E-state index in [9.17, 15) is 9.59 Å². The Balaban J connectivity index is 0.000000169. The number of aryl methyl sites for hydroxylation is 2. The maximum absolute atomic E-state index is 12.5. The van der Waals surface area contributed by atoms with Crippen molar-refractivity contribution in [3.63, 3.8) is 0 Å². The third-order valence-corrected chi connectivity index (χ3v) is 16.0. The Hall–Kier alpha value is -4.31. The molecule has 0 fully saturated rings. The van der Waals surface area contributed by atoms with Gasteiger partial charge in [-0.25, -0.2) is 24.9 Å². The first-order valence-corrected chi connectivity index (χ1v) is 32.4. The summed E-state index contributed by atoms with van der Waals surface area (Å²) >= 11 is 3.93. The molecule has 2 aliphatic carbocycles. The number of ketones is 2. The van der Waals surface area contributed by atoms with Crippen LogP contribution in [0.15, 0.2) is 24.5 Å². The van der Waals surface area contributed by atoms with Crippen molar-refractivity contribution in [1.82, 2.24) is 29.9 Å². The van der Waals surface area contributed by atoms with E-state index in [-0.39, 0.29) is 27.7 Å². The zero-order valence-electron chi connectivity index (χ0n) is 39.1. The number of hydrogen-bond acceptors (Lipinski definition) is 14. The number of rotatable bonds is 10. The number of anilines is 2. The number of pyridine rings is 2. The molecule has 0 N–H and O–H groups in total. The minimum absolute atomic E-state index is 0.0171. The fourth-order valence-electron chi connectivity index (χ4n) is 7.95. The summed E-state index contributed by atoms with van der Waals surface area (Å²) < 4.78 is 23.4. The van der Waals surface area contributed by atoms with Gasteiger partial charge >= 0.3 is 88.3 Å². The van der Waals surface area contributed by atoms with Gasteiger partial charge < -0.3 is 19.3 Å². The van der Waals surface area contributed by atoms with Crippen molar-refractivity contribution in [2.75, 3.05) is 63.4 Å². The first-order valence-electron chi connectivity index (χ1n) is 22.1. The van der Waals surface area contributed by atoms with Crippen molar-refractivity contribution in [3.8, 4) is 34.5 Å². The molecule has 0 unspecified atom stereocenters. The molecular weight excluding hydrogens is 927 g/mol. The van der Waals surface area contributed by atoms with Gasteiger partial charge in [-0.3, -0.25) is 9.59 Å². The molecule has 6 heterocycles. The second kappa shape index (κ2) is 20.2. The third kappa shape index (κ3) is 13.4. The fraction of sp³-hybridized carbons (Fsp3) is 0.574. The van der Waals surface area contributed by atoms with Gasteiger partial charge in [-0.1, -0.05) is 41.5 Å². The standard InChI is InChI=1S/C22H28N4O3.C15H22ClN3O.C7H6NO2.3CH3.Sn/c1-22(2,3)11-14(27)13-26(4)21-15-6-5-7-16(15)24-20(25-21)17-10-18-19(12-23-17)29-9-8-28-18;1-15(2,3)8-10(20)9-19(4)13-11-6-5-7-12(11)17-14(16)18-13;1-2-8-5-7-6(1)9-3-4-10-7;;;;/h10,12H,5-9,11,13H2,1-4H3;5-9H2,1-4H3;1,5H,3-4H2;3*1H3;. The molecule has 2 aliphatic heterocycles. The Morgan fingerprint density at radius 3 is 1.60 bits per heavy atom. The number of ether oxygens (including phenoxy) is 4. The minimum atomic E-state index is -2.05. The van der Waals surface area contributed by atoms with Crippen LogP contribution >= 0.6 is 11.6 Å². The molecule has 63 heavy (non-hydrogen) atoms. The summed E-state index contributed by atoms with van der Waals surface area (Å²) in [4.78, 5) is 62.7. The van der Waals surface area contributed by atoms with Crippen molar-refractivity contribution in [3.05, 3.63) is 52.3 Å². The van der Waals surface area contributed by atoms with E-state index in [2.05, 4.69) is 82.4 Å². The van der Waals surface area contributed by atoms with Gasteiger partial charge in [0.1, 0.15) is 30.5 Å². The molecule has 0 saturated heterocycles. The van der Waals surface area contributed by atoms with Crippen molar-refractivity contribution < 1.29 is 28.5 Å².